The number of benzene rings is 1. The van der Waals surface area contributed by atoms with Crippen molar-refractivity contribution < 1.29 is 8.94 Å². The highest BCUT2D eigenvalue weighted by Crippen LogP contribution is 2.38. The number of fused-ring (bicyclic) bond motifs is 1. The van der Waals surface area contributed by atoms with Gasteiger partial charge in [0.1, 0.15) is 11.3 Å². The smallest absolute Gasteiger partial charge is 0.237 e. The molecule has 5 nitrogen and oxygen atoms in total. The number of para-hydroxylation sites is 1. The van der Waals surface area contributed by atoms with Crippen LogP contribution in [0.15, 0.2) is 39.3 Å². The molecule has 0 aliphatic heterocycles. The predicted molar refractivity (Wildman–Crippen MR) is 85.0 cm³/mol. The lowest BCUT2D eigenvalue weighted by Crippen LogP contribution is -2.44. The molecular weight excluding hydrogens is 302 g/mol. The van der Waals surface area contributed by atoms with Crippen LogP contribution in [0.25, 0.3) is 11.0 Å². The normalized spacial score (nSPS) is 17.7. The van der Waals surface area contributed by atoms with Gasteiger partial charge in [0, 0.05) is 5.39 Å². The minimum atomic E-state index is -0.394. The van der Waals surface area contributed by atoms with Gasteiger partial charge in [-0.15, -0.1) is 12.4 Å². The summed E-state index contributed by atoms with van der Waals surface area (Å²) in [6.45, 7) is 2.00. The zero-order chi connectivity index (χ0) is 14.4. The Morgan fingerprint density at radius 2 is 2.05 bits per heavy atom. The standard InChI is InChI=1S/C16H17N3O2.ClH/c1-10(13-9-11-5-2-3-6-12(11)20-13)14-18-15(19-21-14)16(17)7-4-8-16;/h2-3,5-6,9-10H,4,7-8,17H2,1H3;1H. The summed E-state index contributed by atoms with van der Waals surface area (Å²) in [6, 6.07) is 9.95. The molecule has 1 aliphatic carbocycles. The van der Waals surface area contributed by atoms with E-state index in [4.69, 9.17) is 14.7 Å². The van der Waals surface area contributed by atoms with E-state index in [0.717, 1.165) is 36.0 Å². The Hall–Kier alpha value is -1.85. The Kier molecular flexibility index (Phi) is 3.70. The molecule has 0 spiro atoms. The van der Waals surface area contributed by atoms with Crippen molar-refractivity contribution in [1.29, 1.82) is 0 Å². The highest BCUT2D eigenvalue weighted by atomic mass is 35.5. The SMILES string of the molecule is CC(c1cc2ccccc2o1)c1nc(C2(N)CCC2)no1.Cl. The number of aromatic nitrogens is 2. The Bertz CT molecular complexity index is 758. The van der Waals surface area contributed by atoms with Gasteiger partial charge in [0.15, 0.2) is 5.82 Å². The van der Waals surface area contributed by atoms with Crippen LogP contribution in [0.1, 0.15) is 49.6 Å². The molecule has 22 heavy (non-hydrogen) atoms. The fourth-order valence-electron chi connectivity index (χ4n) is 2.73. The second-order valence-electron chi connectivity index (χ2n) is 5.87. The molecule has 2 N–H and O–H groups in total. The van der Waals surface area contributed by atoms with Crippen LogP contribution < -0.4 is 5.73 Å². The van der Waals surface area contributed by atoms with Gasteiger partial charge in [-0.2, -0.15) is 4.98 Å². The maximum absolute atomic E-state index is 6.23. The molecule has 1 aromatic carbocycles. The summed E-state index contributed by atoms with van der Waals surface area (Å²) in [7, 11) is 0. The van der Waals surface area contributed by atoms with Crippen molar-refractivity contribution in [3.63, 3.8) is 0 Å². The van der Waals surface area contributed by atoms with Crippen molar-refractivity contribution in [2.75, 3.05) is 0 Å². The number of rotatable bonds is 3. The van der Waals surface area contributed by atoms with Crippen LogP contribution in [0.4, 0.5) is 0 Å². The zero-order valence-electron chi connectivity index (χ0n) is 12.3. The Morgan fingerprint density at radius 3 is 2.73 bits per heavy atom. The third-order valence-electron chi connectivity index (χ3n) is 4.37. The summed E-state index contributed by atoms with van der Waals surface area (Å²) in [5.41, 5.74) is 6.70. The van der Waals surface area contributed by atoms with Crippen LogP contribution >= 0.6 is 12.4 Å². The molecule has 4 rings (SSSR count). The van der Waals surface area contributed by atoms with E-state index in [1.54, 1.807) is 0 Å². The van der Waals surface area contributed by atoms with Crippen molar-refractivity contribution in [3.05, 3.63) is 47.8 Å². The third kappa shape index (κ3) is 2.30. The van der Waals surface area contributed by atoms with E-state index in [1.165, 1.54) is 0 Å². The van der Waals surface area contributed by atoms with Crippen LogP contribution in [0.2, 0.25) is 0 Å². The monoisotopic (exact) mass is 319 g/mol. The molecule has 3 aromatic rings. The van der Waals surface area contributed by atoms with Gasteiger partial charge in [-0.1, -0.05) is 23.4 Å². The van der Waals surface area contributed by atoms with Crippen LogP contribution in [-0.4, -0.2) is 10.1 Å². The Morgan fingerprint density at radius 1 is 1.27 bits per heavy atom. The van der Waals surface area contributed by atoms with E-state index >= 15 is 0 Å². The second kappa shape index (κ2) is 5.41. The molecule has 2 aromatic heterocycles. The van der Waals surface area contributed by atoms with Gasteiger partial charge in [-0.05, 0) is 38.3 Å². The van der Waals surface area contributed by atoms with E-state index in [0.29, 0.717) is 11.7 Å². The molecule has 116 valence electrons. The summed E-state index contributed by atoms with van der Waals surface area (Å²) >= 11 is 0. The summed E-state index contributed by atoms with van der Waals surface area (Å²) in [6.07, 6.45) is 2.97. The predicted octanol–water partition coefficient (Wildman–Crippen LogP) is 3.73. The molecule has 0 radical (unpaired) electrons. The van der Waals surface area contributed by atoms with E-state index in [2.05, 4.69) is 10.1 Å². The van der Waals surface area contributed by atoms with E-state index in [-0.39, 0.29) is 18.3 Å². The molecule has 0 saturated heterocycles. The molecule has 1 saturated carbocycles. The van der Waals surface area contributed by atoms with Crippen molar-refractivity contribution in [2.45, 2.75) is 37.6 Å². The topological polar surface area (TPSA) is 78.1 Å². The maximum atomic E-state index is 6.23. The average molecular weight is 320 g/mol. The molecule has 0 bridgehead atoms. The van der Waals surface area contributed by atoms with Gasteiger partial charge >= 0.3 is 0 Å². The van der Waals surface area contributed by atoms with Crippen LogP contribution in [0, 0.1) is 0 Å². The van der Waals surface area contributed by atoms with Gasteiger partial charge in [0.05, 0.1) is 11.5 Å². The Labute approximate surface area is 134 Å². The molecule has 1 aliphatic rings. The lowest BCUT2D eigenvalue weighted by Gasteiger charge is -2.34. The summed E-state index contributed by atoms with van der Waals surface area (Å²) < 4.78 is 11.3. The van der Waals surface area contributed by atoms with Gasteiger partial charge in [-0.25, -0.2) is 0 Å². The van der Waals surface area contributed by atoms with Gasteiger partial charge in [-0.3, -0.25) is 0 Å². The van der Waals surface area contributed by atoms with Gasteiger partial charge < -0.3 is 14.7 Å². The highest BCUT2D eigenvalue weighted by molar-refractivity contribution is 5.85. The minimum Gasteiger partial charge on any atom is -0.460 e. The van der Waals surface area contributed by atoms with Crippen LogP contribution in [-0.2, 0) is 5.54 Å². The van der Waals surface area contributed by atoms with Crippen molar-refractivity contribution in [2.24, 2.45) is 5.73 Å². The number of hydrogen-bond donors (Lipinski definition) is 1. The van der Waals surface area contributed by atoms with Gasteiger partial charge in [0.2, 0.25) is 5.89 Å². The van der Waals surface area contributed by atoms with E-state index in [9.17, 15) is 0 Å². The van der Waals surface area contributed by atoms with Crippen molar-refractivity contribution >= 4 is 23.4 Å². The molecule has 1 fully saturated rings. The average Bonchev–Trinajstić information content (AvgIpc) is 3.10. The van der Waals surface area contributed by atoms with E-state index < -0.39 is 5.54 Å². The molecule has 6 heteroatoms. The number of furan rings is 1. The summed E-state index contributed by atoms with van der Waals surface area (Å²) in [5, 5.41) is 5.13. The number of halogens is 1. The zero-order valence-corrected chi connectivity index (χ0v) is 13.1. The minimum absolute atomic E-state index is 0. The largest absolute Gasteiger partial charge is 0.460 e. The quantitative estimate of drug-likeness (QED) is 0.795. The van der Waals surface area contributed by atoms with E-state index in [1.807, 2.05) is 37.3 Å². The first-order valence-electron chi connectivity index (χ1n) is 7.27. The molecular formula is C16H18ClN3O2. The summed E-state index contributed by atoms with van der Waals surface area (Å²) in [5.74, 6) is 1.92. The number of nitrogens with zero attached hydrogens (tertiary/aromatic N) is 2. The van der Waals surface area contributed by atoms with Crippen molar-refractivity contribution in [1.82, 2.24) is 10.1 Å². The highest BCUT2D eigenvalue weighted by Gasteiger charge is 2.39. The first-order valence-corrected chi connectivity index (χ1v) is 7.27. The Balaban J connectivity index is 0.00000144. The lowest BCUT2D eigenvalue weighted by atomic mass is 9.77. The first kappa shape index (κ1) is 15.1. The molecule has 2 heterocycles. The third-order valence-corrected chi connectivity index (χ3v) is 4.37. The molecule has 0 amide bonds. The van der Waals surface area contributed by atoms with Crippen molar-refractivity contribution in [3.8, 4) is 0 Å². The second-order valence-corrected chi connectivity index (χ2v) is 5.87. The van der Waals surface area contributed by atoms with Crippen LogP contribution in [0.3, 0.4) is 0 Å². The molecule has 1 unspecified atom stereocenters. The first-order chi connectivity index (χ1) is 10.2. The fraction of sp³-hybridized carbons (Fsp3) is 0.375. The molecule has 1 atom stereocenters. The van der Waals surface area contributed by atoms with Gasteiger partial charge in [0.25, 0.3) is 0 Å². The van der Waals surface area contributed by atoms with Crippen LogP contribution in [0.5, 0.6) is 0 Å². The lowest BCUT2D eigenvalue weighted by molar-refractivity contribution is 0.228. The maximum Gasteiger partial charge on any atom is 0.237 e. The fourth-order valence-corrected chi connectivity index (χ4v) is 2.73. The number of nitrogens with two attached hydrogens (primary N) is 1. The summed E-state index contributed by atoms with van der Waals surface area (Å²) in [4.78, 5) is 4.49. The number of hydrogen-bond acceptors (Lipinski definition) is 5.